The van der Waals surface area contributed by atoms with Gasteiger partial charge in [0.15, 0.2) is 0 Å². The molecule has 1 heterocycles. The molecule has 1 aliphatic rings. The van der Waals surface area contributed by atoms with E-state index in [9.17, 15) is 9.59 Å². The number of hydrogen-bond donors (Lipinski definition) is 1. The van der Waals surface area contributed by atoms with E-state index in [0.29, 0.717) is 12.8 Å². The number of benzene rings is 2. The molecule has 30 heavy (non-hydrogen) atoms. The molecule has 1 N–H and O–H groups in total. The van der Waals surface area contributed by atoms with Crippen molar-refractivity contribution in [2.24, 2.45) is 0 Å². The number of amides is 2. The van der Waals surface area contributed by atoms with Gasteiger partial charge in [0.05, 0.1) is 6.04 Å². The Morgan fingerprint density at radius 3 is 2.20 bits per heavy atom. The van der Waals surface area contributed by atoms with Crippen LogP contribution < -0.4 is 5.32 Å². The summed E-state index contributed by atoms with van der Waals surface area (Å²) in [6, 6.07) is 20.3. The fourth-order valence-electron chi connectivity index (χ4n) is 3.87. The van der Waals surface area contributed by atoms with E-state index in [1.165, 1.54) is 5.56 Å². The monoisotopic (exact) mass is 407 g/mol. The van der Waals surface area contributed by atoms with Gasteiger partial charge in [-0.1, -0.05) is 60.7 Å². The van der Waals surface area contributed by atoms with Gasteiger partial charge >= 0.3 is 0 Å². The van der Waals surface area contributed by atoms with Crippen LogP contribution in [-0.4, -0.2) is 54.3 Å². The third-order valence-corrected chi connectivity index (χ3v) is 5.76. The summed E-state index contributed by atoms with van der Waals surface area (Å²) in [6.45, 7) is 5.94. The molecular weight excluding hydrogens is 374 g/mol. The van der Waals surface area contributed by atoms with Gasteiger partial charge in [0.2, 0.25) is 11.8 Å². The van der Waals surface area contributed by atoms with E-state index in [2.05, 4.69) is 22.3 Å². The van der Waals surface area contributed by atoms with Gasteiger partial charge in [-0.05, 0) is 30.9 Å². The molecule has 0 saturated carbocycles. The van der Waals surface area contributed by atoms with Crippen molar-refractivity contribution < 1.29 is 9.59 Å². The lowest BCUT2D eigenvalue weighted by atomic mass is 10.1. The Bertz CT molecular complexity index is 787. The molecule has 0 aromatic heterocycles. The number of nitrogens with zero attached hydrogens (tertiary/aromatic N) is 2. The average molecular weight is 408 g/mol. The molecule has 1 fully saturated rings. The van der Waals surface area contributed by atoms with Crippen LogP contribution in [0.2, 0.25) is 0 Å². The molecule has 1 unspecified atom stereocenters. The normalized spacial score (nSPS) is 15.6. The molecular formula is C25H33N3O2. The summed E-state index contributed by atoms with van der Waals surface area (Å²) in [5.74, 6) is 0.325. The van der Waals surface area contributed by atoms with Crippen LogP contribution in [0.3, 0.4) is 0 Å². The van der Waals surface area contributed by atoms with Gasteiger partial charge in [-0.15, -0.1) is 0 Å². The highest BCUT2D eigenvalue weighted by Crippen LogP contribution is 2.12. The maximum atomic E-state index is 12.5. The third-order valence-electron chi connectivity index (χ3n) is 5.76. The van der Waals surface area contributed by atoms with Crippen molar-refractivity contribution in [1.82, 2.24) is 15.1 Å². The smallest absolute Gasteiger partial charge is 0.222 e. The minimum atomic E-state index is 0.0176. The van der Waals surface area contributed by atoms with E-state index in [4.69, 9.17) is 0 Å². The van der Waals surface area contributed by atoms with Crippen LogP contribution in [-0.2, 0) is 16.0 Å². The second kappa shape index (κ2) is 11.5. The van der Waals surface area contributed by atoms with Crippen molar-refractivity contribution in [2.75, 3.05) is 32.7 Å². The number of nitrogens with one attached hydrogen (secondary N) is 1. The van der Waals surface area contributed by atoms with Crippen LogP contribution >= 0.6 is 0 Å². The van der Waals surface area contributed by atoms with Crippen molar-refractivity contribution in [3.63, 3.8) is 0 Å². The first-order valence-corrected chi connectivity index (χ1v) is 11.0. The van der Waals surface area contributed by atoms with Gasteiger partial charge in [0, 0.05) is 45.6 Å². The fraction of sp³-hybridized carbons (Fsp3) is 0.440. The largest absolute Gasteiger partial charge is 0.350 e. The number of carbonyl (C=O) groups is 2. The quantitative estimate of drug-likeness (QED) is 0.693. The van der Waals surface area contributed by atoms with Crippen molar-refractivity contribution >= 4 is 11.8 Å². The number of carbonyl (C=O) groups excluding carboxylic acids is 2. The molecule has 0 aliphatic carbocycles. The highest BCUT2D eigenvalue weighted by atomic mass is 16.2. The SMILES string of the molecule is CC(NC(=O)CCN1CCN(C(=O)CCCc2ccccc2)CC1)c1ccccc1. The highest BCUT2D eigenvalue weighted by molar-refractivity contribution is 5.77. The third kappa shape index (κ3) is 6.99. The van der Waals surface area contributed by atoms with Gasteiger partial charge in [0.1, 0.15) is 0 Å². The van der Waals surface area contributed by atoms with Gasteiger partial charge in [-0.25, -0.2) is 0 Å². The average Bonchev–Trinajstić information content (AvgIpc) is 2.79. The highest BCUT2D eigenvalue weighted by Gasteiger charge is 2.21. The molecule has 0 spiro atoms. The molecule has 1 atom stereocenters. The van der Waals surface area contributed by atoms with Gasteiger partial charge < -0.3 is 10.2 Å². The number of aryl methyl sites for hydroxylation is 1. The number of rotatable bonds is 9. The van der Waals surface area contributed by atoms with E-state index in [-0.39, 0.29) is 17.9 Å². The summed E-state index contributed by atoms with van der Waals surface area (Å²) >= 11 is 0. The molecule has 1 saturated heterocycles. The van der Waals surface area contributed by atoms with Gasteiger partial charge in [-0.2, -0.15) is 0 Å². The lowest BCUT2D eigenvalue weighted by Gasteiger charge is -2.34. The molecule has 160 valence electrons. The Hall–Kier alpha value is -2.66. The Labute approximate surface area is 180 Å². The van der Waals surface area contributed by atoms with E-state index >= 15 is 0 Å². The van der Waals surface area contributed by atoms with Crippen LogP contribution in [0.25, 0.3) is 0 Å². The summed E-state index contributed by atoms with van der Waals surface area (Å²) in [4.78, 5) is 29.0. The zero-order valence-corrected chi connectivity index (χ0v) is 17.9. The molecule has 0 radical (unpaired) electrons. The van der Waals surface area contributed by atoms with Crippen molar-refractivity contribution in [1.29, 1.82) is 0 Å². The van der Waals surface area contributed by atoms with Crippen molar-refractivity contribution in [2.45, 2.75) is 38.6 Å². The van der Waals surface area contributed by atoms with E-state index < -0.39 is 0 Å². The Morgan fingerprint density at radius 2 is 1.53 bits per heavy atom. The maximum absolute atomic E-state index is 12.5. The van der Waals surface area contributed by atoms with Crippen LogP contribution in [0.4, 0.5) is 0 Å². The molecule has 5 nitrogen and oxygen atoms in total. The molecule has 1 aliphatic heterocycles. The summed E-state index contributed by atoms with van der Waals surface area (Å²) in [6.07, 6.45) is 2.93. The lowest BCUT2D eigenvalue weighted by Crippen LogP contribution is -2.49. The van der Waals surface area contributed by atoms with E-state index in [0.717, 1.165) is 51.1 Å². The van der Waals surface area contributed by atoms with Crippen LogP contribution in [0, 0.1) is 0 Å². The Morgan fingerprint density at radius 1 is 0.900 bits per heavy atom. The summed E-state index contributed by atoms with van der Waals surface area (Å²) in [5, 5.41) is 3.07. The second-order valence-electron chi connectivity index (χ2n) is 8.01. The summed E-state index contributed by atoms with van der Waals surface area (Å²) in [7, 11) is 0. The van der Waals surface area contributed by atoms with Crippen LogP contribution in [0.15, 0.2) is 60.7 Å². The predicted octanol–water partition coefficient (Wildman–Crippen LogP) is 3.42. The Balaban J connectivity index is 1.30. The Kier molecular flexibility index (Phi) is 8.45. The van der Waals surface area contributed by atoms with E-state index in [1.54, 1.807) is 0 Å². The van der Waals surface area contributed by atoms with Gasteiger partial charge in [0.25, 0.3) is 0 Å². The predicted molar refractivity (Wildman–Crippen MR) is 120 cm³/mol. The first kappa shape index (κ1) is 22.0. The summed E-state index contributed by atoms with van der Waals surface area (Å²) in [5.41, 5.74) is 2.40. The first-order chi connectivity index (χ1) is 14.6. The molecule has 2 aromatic rings. The molecule has 3 rings (SSSR count). The lowest BCUT2D eigenvalue weighted by molar-refractivity contribution is -0.133. The zero-order chi connectivity index (χ0) is 21.2. The maximum Gasteiger partial charge on any atom is 0.222 e. The standard InChI is InChI=1S/C25H33N3O2/c1-21(23-12-6-3-7-13-23)26-24(29)15-16-27-17-19-28(20-18-27)25(30)14-8-11-22-9-4-2-5-10-22/h2-7,9-10,12-13,21H,8,11,14-20H2,1H3,(H,26,29). The van der Waals surface area contributed by atoms with E-state index in [1.807, 2.05) is 60.4 Å². The van der Waals surface area contributed by atoms with Gasteiger partial charge in [-0.3, -0.25) is 14.5 Å². The molecule has 0 bridgehead atoms. The topological polar surface area (TPSA) is 52.7 Å². The fourth-order valence-corrected chi connectivity index (χ4v) is 3.87. The molecule has 2 amide bonds. The van der Waals surface area contributed by atoms with Crippen LogP contribution in [0.5, 0.6) is 0 Å². The number of piperazine rings is 1. The van der Waals surface area contributed by atoms with Crippen molar-refractivity contribution in [3.8, 4) is 0 Å². The minimum Gasteiger partial charge on any atom is -0.350 e. The first-order valence-electron chi connectivity index (χ1n) is 11.0. The minimum absolute atomic E-state index is 0.0176. The molecule has 5 heteroatoms. The molecule has 2 aromatic carbocycles. The van der Waals surface area contributed by atoms with Crippen molar-refractivity contribution in [3.05, 3.63) is 71.8 Å². The zero-order valence-electron chi connectivity index (χ0n) is 17.9. The number of hydrogen-bond acceptors (Lipinski definition) is 3. The van der Waals surface area contributed by atoms with Crippen LogP contribution in [0.1, 0.15) is 43.4 Å². The second-order valence-corrected chi connectivity index (χ2v) is 8.01. The summed E-state index contributed by atoms with van der Waals surface area (Å²) < 4.78 is 0.